The molecule has 0 N–H and O–H groups in total. The smallest absolute Gasteiger partial charge is 0.0151 e. The van der Waals surface area contributed by atoms with E-state index in [2.05, 4.69) is 94.1 Å². The maximum atomic E-state index is 4.49. The average Bonchev–Trinajstić information content (AvgIpc) is 2.62. The molecule has 0 heteroatoms. The molecule has 0 saturated heterocycles. The Hall–Kier alpha value is -2.34. The van der Waals surface area contributed by atoms with Crippen LogP contribution in [0.25, 0.3) is 5.57 Å². The van der Waals surface area contributed by atoms with Gasteiger partial charge in [0.05, 0.1) is 0 Å². The molecule has 0 fully saturated rings. The highest BCUT2D eigenvalue weighted by molar-refractivity contribution is 5.85. The lowest BCUT2D eigenvalue weighted by Crippen LogP contribution is -1.99. The van der Waals surface area contributed by atoms with E-state index in [1.807, 2.05) is 0 Å². The Morgan fingerprint density at radius 1 is 1.08 bits per heavy atom. The molecular formula is C25H30. The second kappa shape index (κ2) is 9.84. The van der Waals surface area contributed by atoms with Crippen molar-refractivity contribution in [3.05, 3.63) is 101 Å². The van der Waals surface area contributed by atoms with E-state index >= 15 is 0 Å². The van der Waals surface area contributed by atoms with Crippen LogP contribution in [0, 0.1) is 0 Å². The van der Waals surface area contributed by atoms with Crippen molar-refractivity contribution in [2.75, 3.05) is 0 Å². The monoisotopic (exact) mass is 330 g/mol. The summed E-state index contributed by atoms with van der Waals surface area (Å²) in [4.78, 5) is 0. The van der Waals surface area contributed by atoms with Gasteiger partial charge in [0.15, 0.2) is 0 Å². The summed E-state index contributed by atoms with van der Waals surface area (Å²) < 4.78 is 0. The number of allylic oxidation sites excluding steroid dienone is 11. The SMILES string of the molecule is C=C(/C1=C/C=C\C=C(/C)CC1)C(=C\CCC)/C(=C/C)c1ccccc1. The topological polar surface area (TPSA) is 0 Å². The number of benzene rings is 1. The van der Waals surface area contributed by atoms with Gasteiger partial charge in [-0.25, -0.2) is 0 Å². The van der Waals surface area contributed by atoms with Crippen LogP contribution < -0.4 is 0 Å². The van der Waals surface area contributed by atoms with Gasteiger partial charge >= 0.3 is 0 Å². The maximum absolute atomic E-state index is 4.49. The van der Waals surface area contributed by atoms with Gasteiger partial charge in [-0.15, -0.1) is 0 Å². The van der Waals surface area contributed by atoms with Crippen LogP contribution in [0.1, 0.15) is 52.0 Å². The van der Waals surface area contributed by atoms with E-state index in [1.165, 1.54) is 27.9 Å². The second-order valence-corrected chi connectivity index (χ2v) is 6.54. The van der Waals surface area contributed by atoms with Gasteiger partial charge in [0.25, 0.3) is 0 Å². The number of unbranched alkanes of at least 4 members (excludes halogenated alkanes) is 1. The van der Waals surface area contributed by atoms with E-state index in [1.54, 1.807) is 0 Å². The summed E-state index contributed by atoms with van der Waals surface area (Å²) in [6.07, 6.45) is 17.6. The van der Waals surface area contributed by atoms with Crippen molar-refractivity contribution in [2.24, 2.45) is 0 Å². The van der Waals surface area contributed by atoms with Crippen LogP contribution in [0.3, 0.4) is 0 Å². The van der Waals surface area contributed by atoms with Gasteiger partial charge in [0.1, 0.15) is 0 Å². The van der Waals surface area contributed by atoms with Crippen LogP contribution in [0.4, 0.5) is 0 Å². The molecule has 0 amide bonds. The molecule has 1 aliphatic rings. The van der Waals surface area contributed by atoms with Crippen molar-refractivity contribution >= 4 is 5.57 Å². The van der Waals surface area contributed by atoms with Crippen molar-refractivity contribution < 1.29 is 0 Å². The Morgan fingerprint density at radius 2 is 1.80 bits per heavy atom. The van der Waals surface area contributed by atoms with Gasteiger partial charge in [0, 0.05) is 0 Å². The van der Waals surface area contributed by atoms with Gasteiger partial charge in [-0.3, -0.25) is 0 Å². The lowest BCUT2D eigenvalue weighted by molar-refractivity contribution is 0.927. The minimum atomic E-state index is 1.04. The van der Waals surface area contributed by atoms with Crippen LogP contribution in [0.2, 0.25) is 0 Å². The van der Waals surface area contributed by atoms with Crippen LogP contribution in [0.5, 0.6) is 0 Å². The van der Waals surface area contributed by atoms with Crippen molar-refractivity contribution in [3.8, 4) is 0 Å². The van der Waals surface area contributed by atoms with E-state index in [0.717, 1.165) is 31.3 Å². The van der Waals surface area contributed by atoms with Crippen molar-refractivity contribution in [2.45, 2.75) is 46.5 Å². The molecule has 1 aromatic carbocycles. The molecule has 0 unspecified atom stereocenters. The summed E-state index contributed by atoms with van der Waals surface area (Å²) >= 11 is 0. The van der Waals surface area contributed by atoms with Crippen molar-refractivity contribution in [1.29, 1.82) is 0 Å². The quantitative estimate of drug-likeness (QED) is 0.471. The molecule has 0 aromatic heterocycles. The molecule has 1 aliphatic carbocycles. The highest BCUT2D eigenvalue weighted by Crippen LogP contribution is 2.34. The molecule has 0 nitrogen and oxygen atoms in total. The molecular weight excluding hydrogens is 300 g/mol. The van der Waals surface area contributed by atoms with E-state index in [0.29, 0.717) is 0 Å². The van der Waals surface area contributed by atoms with Gasteiger partial charge < -0.3 is 0 Å². The van der Waals surface area contributed by atoms with E-state index in [4.69, 9.17) is 0 Å². The van der Waals surface area contributed by atoms with Crippen LogP contribution in [-0.2, 0) is 0 Å². The number of rotatable bonds is 6. The molecule has 0 heterocycles. The maximum Gasteiger partial charge on any atom is -0.0151 e. The Labute approximate surface area is 153 Å². The van der Waals surface area contributed by atoms with E-state index in [9.17, 15) is 0 Å². The van der Waals surface area contributed by atoms with Gasteiger partial charge in [-0.1, -0.05) is 92.3 Å². The first-order valence-corrected chi connectivity index (χ1v) is 9.32. The highest BCUT2D eigenvalue weighted by Gasteiger charge is 2.14. The van der Waals surface area contributed by atoms with Crippen LogP contribution in [-0.4, -0.2) is 0 Å². The molecule has 25 heavy (non-hydrogen) atoms. The first kappa shape index (κ1) is 19.0. The molecule has 2 rings (SSSR count). The summed E-state index contributed by atoms with van der Waals surface area (Å²) in [6.45, 7) is 11.0. The first-order valence-electron chi connectivity index (χ1n) is 9.32. The second-order valence-electron chi connectivity index (χ2n) is 6.54. The third kappa shape index (κ3) is 5.32. The Balaban J connectivity index is 2.39. The van der Waals surface area contributed by atoms with Gasteiger partial charge in [-0.05, 0) is 61.0 Å². The zero-order valence-electron chi connectivity index (χ0n) is 15.9. The van der Waals surface area contributed by atoms with E-state index < -0.39 is 0 Å². The van der Waals surface area contributed by atoms with Crippen molar-refractivity contribution in [1.82, 2.24) is 0 Å². The summed E-state index contributed by atoms with van der Waals surface area (Å²) in [5.74, 6) is 0. The Bertz CT molecular complexity index is 734. The first-order chi connectivity index (χ1) is 12.2. The van der Waals surface area contributed by atoms with Gasteiger partial charge in [-0.2, -0.15) is 0 Å². The normalized spacial score (nSPS) is 21.4. The predicted octanol–water partition coefficient (Wildman–Crippen LogP) is 7.60. The minimum absolute atomic E-state index is 1.04. The van der Waals surface area contributed by atoms with Crippen LogP contribution >= 0.6 is 0 Å². The fourth-order valence-corrected chi connectivity index (χ4v) is 3.09. The zero-order chi connectivity index (χ0) is 18.1. The fourth-order valence-electron chi connectivity index (χ4n) is 3.09. The predicted molar refractivity (Wildman–Crippen MR) is 112 cm³/mol. The van der Waals surface area contributed by atoms with Crippen LogP contribution in [0.15, 0.2) is 95.7 Å². The highest BCUT2D eigenvalue weighted by atomic mass is 14.2. The van der Waals surface area contributed by atoms with Crippen molar-refractivity contribution in [3.63, 3.8) is 0 Å². The molecule has 0 radical (unpaired) electrons. The summed E-state index contributed by atoms with van der Waals surface area (Å²) in [5.41, 5.74) is 7.72. The lowest BCUT2D eigenvalue weighted by atomic mass is 9.85. The Morgan fingerprint density at radius 3 is 2.48 bits per heavy atom. The molecule has 130 valence electrons. The third-order valence-electron chi connectivity index (χ3n) is 4.59. The lowest BCUT2D eigenvalue weighted by Gasteiger charge is -2.19. The third-order valence-corrected chi connectivity index (χ3v) is 4.59. The number of hydrogen-bond donors (Lipinski definition) is 0. The Kier molecular flexibility index (Phi) is 7.47. The molecule has 0 aliphatic heterocycles. The molecule has 0 spiro atoms. The summed E-state index contributed by atoms with van der Waals surface area (Å²) in [6, 6.07) is 10.6. The summed E-state index contributed by atoms with van der Waals surface area (Å²) in [5, 5.41) is 0. The standard InChI is InChI=1S/C25H30/c1-5-7-17-25(24(6-2)23-15-9-8-10-16-23)21(4)22-14-12-11-13-20(3)18-19-22/h6,8-17H,4-5,7,18-19H2,1-3H3/b12-11-,20-13+,22-14+,24-6+,25-17+. The largest absolute Gasteiger partial charge is 0.0909 e. The fraction of sp³-hybridized carbons (Fsp3) is 0.280. The molecule has 0 atom stereocenters. The zero-order valence-corrected chi connectivity index (χ0v) is 15.9. The van der Waals surface area contributed by atoms with E-state index in [-0.39, 0.29) is 0 Å². The molecule has 1 aromatic rings. The molecule has 0 bridgehead atoms. The van der Waals surface area contributed by atoms with Gasteiger partial charge in [0.2, 0.25) is 0 Å². The summed E-state index contributed by atoms with van der Waals surface area (Å²) in [7, 11) is 0. The number of hydrogen-bond acceptors (Lipinski definition) is 0. The minimum Gasteiger partial charge on any atom is -0.0909 e. The molecule has 0 saturated carbocycles. The average molecular weight is 331 g/mol.